The molecule has 2 aromatic heterocycles. The number of pyridine rings is 1. The fraction of sp³-hybridized carbons (Fsp3) is 0.400. The van der Waals surface area contributed by atoms with Crippen molar-refractivity contribution in [3.05, 3.63) is 65.7 Å². The molecule has 1 N–H and O–H groups in total. The highest BCUT2D eigenvalue weighted by Gasteiger charge is 2.29. The summed E-state index contributed by atoms with van der Waals surface area (Å²) in [7, 11) is 1.56. The van der Waals surface area contributed by atoms with E-state index in [0.717, 1.165) is 17.7 Å². The standard InChI is InChI=1S/C25H30N8O3/c1-18-28-29-30-33(18)22-7-5-21(6-8-22)25(36)32(15-19-4-3-12-27-14-19)17-20-11-13-31(16-20)24(35)10-9-23(34)26-2/h3-8,12,14,20H,9-11,13,15-17H2,1-2H3,(H,26,34). The number of benzene rings is 1. The number of rotatable bonds is 9. The maximum atomic E-state index is 13.6. The Labute approximate surface area is 209 Å². The minimum absolute atomic E-state index is 0.0280. The molecule has 1 atom stereocenters. The Bertz CT molecular complexity index is 1200. The molecule has 1 aromatic carbocycles. The van der Waals surface area contributed by atoms with Crippen molar-refractivity contribution in [1.82, 2.24) is 40.3 Å². The van der Waals surface area contributed by atoms with Crippen LogP contribution >= 0.6 is 0 Å². The van der Waals surface area contributed by atoms with Crippen LogP contribution in [0.4, 0.5) is 0 Å². The van der Waals surface area contributed by atoms with Crippen molar-refractivity contribution >= 4 is 17.7 Å². The molecule has 1 fully saturated rings. The highest BCUT2D eigenvalue weighted by Crippen LogP contribution is 2.21. The van der Waals surface area contributed by atoms with Crippen molar-refractivity contribution in [3.63, 3.8) is 0 Å². The molecular formula is C25H30N8O3. The largest absolute Gasteiger partial charge is 0.359 e. The number of aromatic nitrogens is 5. The van der Waals surface area contributed by atoms with Crippen LogP contribution in [0.1, 0.15) is 41.0 Å². The Morgan fingerprint density at radius 2 is 1.94 bits per heavy atom. The molecule has 36 heavy (non-hydrogen) atoms. The SMILES string of the molecule is CNC(=O)CCC(=O)N1CCC(CN(Cc2cccnc2)C(=O)c2ccc(-n3nnnc3C)cc2)C1. The number of nitrogens with zero attached hydrogens (tertiary/aromatic N) is 7. The maximum Gasteiger partial charge on any atom is 0.254 e. The van der Waals surface area contributed by atoms with E-state index in [4.69, 9.17) is 0 Å². The second kappa shape index (κ2) is 11.5. The summed E-state index contributed by atoms with van der Waals surface area (Å²) in [6.07, 6.45) is 4.64. The van der Waals surface area contributed by atoms with E-state index in [-0.39, 0.29) is 36.5 Å². The summed E-state index contributed by atoms with van der Waals surface area (Å²) in [5.41, 5.74) is 2.27. The Morgan fingerprint density at radius 1 is 1.14 bits per heavy atom. The van der Waals surface area contributed by atoms with E-state index >= 15 is 0 Å². The molecule has 1 aliphatic rings. The quantitative estimate of drug-likeness (QED) is 0.480. The lowest BCUT2D eigenvalue weighted by atomic mass is 10.1. The summed E-state index contributed by atoms with van der Waals surface area (Å²) in [6, 6.07) is 11.0. The van der Waals surface area contributed by atoms with Crippen molar-refractivity contribution in [2.45, 2.75) is 32.7 Å². The number of tetrazole rings is 1. The molecule has 1 aliphatic heterocycles. The third kappa shape index (κ3) is 6.09. The van der Waals surface area contributed by atoms with E-state index in [9.17, 15) is 14.4 Å². The van der Waals surface area contributed by atoms with Crippen molar-refractivity contribution in [3.8, 4) is 5.69 Å². The molecular weight excluding hydrogens is 460 g/mol. The van der Waals surface area contributed by atoms with Gasteiger partial charge in [0.2, 0.25) is 11.8 Å². The number of hydrogen-bond donors (Lipinski definition) is 1. The second-order valence-corrected chi connectivity index (χ2v) is 8.90. The van der Waals surface area contributed by atoms with E-state index in [0.29, 0.717) is 37.6 Å². The Kier molecular flexibility index (Phi) is 7.99. The van der Waals surface area contributed by atoms with Crippen molar-refractivity contribution in [1.29, 1.82) is 0 Å². The summed E-state index contributed by atoms with van der Waals surface area (Å²) < 4.78 is 1.61. The summed E-state index contributed by atoms with van der Waals surface area (Å²) >= 11 is 0. The van der Waals surface area contributed by atoms with Gasteiger partial charge in [-0.15, -0.1) is 5.10 Å². The molecule has 4 rings (SSSR count). The summed E-state index contributed by atoms with van der Waals surface area (Å²) in [5, 5.41) is 14.1. The molecule has 3 heterocycles. The molecule has 0 bridgehead atoms. The second-order valence-electron chi connectivity index (χ2n) is 8.90. The number of carbonyl (C=O) groups excluding carboxylic acids is 3. The summed E-state index contributed by atoms with van der Waals surface area (Å²) in [5.74, 6) is 0.539. The fourth-order valence-electron chi connectivity index (χ4n) is 4.35. The van der Waals surface area contributed by atoms with Crippen LogP contribution in [-0.2, 0) is 16.1 Å². The van der Waals surface area contributed by atoms with Gasteiger partial charge in [0.05, 0.1) is 5.69 Å². The maximum absolute atomic E-state index is 13.6. The van der Waals surface area contributed by atoms with Crippen LogP contribution < -0.4 is 5.32 Å². The number of aryl methyl sites for hydroxylation is 1. The third-order valence-corrected chi connectivity index (χ3v) is 6.33. The lowest BCUT2D eigenvalue weighted by molar-refractivity contribution is -0.132. The molecule has 11 heteroatoms. The molecule has 0 spiro atoms. The molecule has 0 saturated carbocycles. The molecule has 0 radical (unpaired) electrons. The van der Waals surface area contributed by atoms with Gasteiger partial charge in [-0.25, -0.2) is 0 Å². The van der Waals surface area contributed by atoms with Crippen LogP contribution in [-0.4, -0.2) is 79.4 Å². The number of amides is 3. The molecule has 1 unspecified atom stereocenters. The third-order valence-electron chi connectivity index (χ3n) is 6.33. The van der Waals surface area contributed by atoms with Crippen LogP contribution in [0, 0.1) is 12.8 Å². The van der Waals surface area contributed by atoms with Gasteiger partial charge in [-0.3, -0.25) is 19.4 Å². The first-order chi connectivity index (χ1) is 17.4. The van der Waals surface area contributed by atoms with Crippen LogP contribution in [0.15, 0.2) is 48.8 Å². The van der Waals surface area contributed by atoms with Gasteiger partial charge in [0.1, 0.15) is 0 Å². The van der Waals surface area contributed by atoms with Gasteiger partial charge in [0.15, 0.2) is 5.82 Å². The minimum Gasteiger partial charge on any atom is -0.359 e. The van der Waals surface area contributed by atoms with Gasteiger partial charge in [-0.1, -0.05) is 6.07 Å². The van der Waals surface area contributed by atoms with Crippen molar-refractivity contribution < 1.29 is 14.4 Å². The zero-order valence-electron chi connectivity index (χ0n) is 20.5. The Balaban J connectivity index is 1.45. The molecule has 3 aromatic rings. The van der Waals surface area contributed by atoms with Crippen LogP contribution in [0.25, 0.3) is 5.69 Å². The van der Waals surface area contributed by atoms with Gasteiger partial charge in [0.25, 0.3) is 5.91 Å². The first kappa shape index (κ1) is 25.0. The molecule has 0 aliphatic carbocycles. The number of carbonyl (C=O) groups is 3. The van der Waals surface area contributed by atoms with Gasteiger partial charge in [-0.05, 0) is 65.6 Å². The van der Waals surface area contributed by atoms with Crippen molar-refractivity contribution in [2.24, 2.45) is 5.92 Å². The van der Waals surface area contributed by atoms with E-state index in [1.165, 1.54) is 0 Å². The highest BCUT2D eigenvalue weighted by molar-refractivity contribution is 5.94. The van der Waals surface area contributed by atoms with Gasteiger partial charge >= 0.3 is 0 Å². The minimum atomic E-state index is -0.145. The van der Waals surface area contributed by atoms with E-state index in [1.54, 1.807) is 41.2 Å². The number of likely N-dealkylation sites (tertiary alicyclic amines) is 1. The first-order valence-corrected chi connectivity index (χ1v) is 12.0. The monoisotopic (exact) mass is 490 g/mol. The summed E-state index contributed by atoms with van der Waals surface area (Å²) in [6.45, 7) is 3.94. The topological polar surface area (TPSA) is 126 Å². The molecule has 1 saturated heterocycles. The van der Waals surface area contributed by atoms with Crippen LogP contribution in [0.3, 0.4) is 0 Å². The first-order valence-electron chi connectivity index (χ1n) is 12.0. The van der Waals surface area contributed by atoms with Crippen molar-refractivity contribution in [2.75, 3.05) is 26.7 Å². The van der Waals surface area contributed by atoms with E-state index in [1.807, 2.05) is 36.1 Å². The lowest BCUT2D eigenvalue weighted by Gasteiger charge is -2.26. The fourth-order valence-corrected chi connectivity index (χ4v) is 4.35. The number of hydrogen-bond acceptors (Lipinski definition) is 7. The van der Waals surface area contributed by atoms with Crippen LogP contribution in [0.2, 0.25) is 0 Å². The zero-order chi connectivity index (χ0) is 25.5. The van der Waals surface area contributed by atoms with E-state index in [2.05, 4.69) is 25.8 Å². The zero-order valence-corrected chi connectivity index (χ0v) is 20.5. The summed E-state index contributed by atoms with van der Waals surface area (Å²) in [4.78, 5) is 45.4. The Hall–Kier alpha value is -4.15. The lowest BCUT2D eigenvalue weighted by Crippen LogP contribution is -2.37. The average Bonchev–Trinajstić information content (AvgIpc) is 3.56. The smallest absolute Gasteiger partial charge is 0.254 e. The van der Waals surface area contributed by atoms with Gasteiger partial charge in [-0.2, -0.15) is 4.68 Å². The molecule has 3 amide bonds. The molecule has 11 nitrogen and oxygen atoms in total. The highest BCUT2D eigenvalue weighted by atomic mass is 16.2. The molecule has 188 valence electrons. The Morgan fingerprint density at radius 3 is 2.61 bits per heavy atom. The predicted molar refractivity (Wildman–Crippen MR) is 131 cm³/mol. The van der Waals surface area contributed by atoms with E-state index < -0.39 is 0 Å². The predicted octanol–water partition coefficient (Wildman–Crippen LogP) is 1.38. The van der Waals surface area contributed by atoms with Crippen LogP contribution in [0.5, 0.6) is 0 Å². The average molecular weight is 491 g/mol. The van der Waals surface area contributed by atoms with Gasteiger partial charge in [0, 0.05) is 64.0 Å². The number of nitrogens with one attached hydrogen (secondary N) is 1. The van der Waals surface area contributed by atoms with Gasteiger partial charge < -0.3 is 15.1 Å². The normalized spacial score (nSPS) is 15.1.